The lowest BCUT2D eigenvalue weighted by molar-refractivity contribution is -0.125. The van der Waals surface area contributed by atoms with Crippen molar-refractivity contribution in [3.05, 3.63) is 100 Å². The molecule has 0 saturated carbocycles. The summed E-state index contributed by atoms with van der Waals surface area (Å²) in [6.45, 7) is 2.18. The van der Waals surface area contributed by atoms with Gasteiger partial charge in [-0.05, 0) is 48.2 Å². The van der Waals surface area contributed by atoms with Gasteiger partial charge in [0.2, 0.25) is 5.91 Å². The Bertz CT molecular complexity index is 1410. The molecule has 0 radical (unpaired) electrons. The molecule has 2 heterocycles. The fourth-order valence-corrected chi connectivity index (χ4v) is 4.78. The van der Waals surface area contributed by atoms with Gasteiger partial charge in [-0.25, -0.2) is 4.98 Å². The lowest BCUT2D eigenvalue weighted by Gasteiger charge is -2.32. The number of hydrogen-bond acceptors (Lipinski definition) is 5. The minimum atomic E-state index is -0.0986. The van der Waals surface area contributed by atoms with E-state index >= 15 is 0 Å². The van der Waals surface area contributed by atoms with Crippen molar-refractivity contribution in [2.45, 2.75) is 25.9 Å². The van der Waals surface area contributed by atoms with Crippen LogP contribution in [0.25, 0.3) is 11.0 Å². The Morgan fingerprint density at radius 3 is 2.47 bits per heavy atom. The van der Waals surface area contributed by atoms with Crippen LogP contribution in [-0.4, -0.2) is 35.7 Å². The van der Waals surface area contributed by atoms with Gasteiger partial charge in [-0.15, -0.1) is 0 Å². The van der Waals surface area contributed by atoms with Crippen LogP contribution in [0, 0.1) is 5.92 Å². The minimum Gasteiger partial charge on any atom is -0.497 e. The van der Waals surface area contributed by atoms with Crippen molar-refractivity contribution in [1.82, 2.24) is 14.9 Å². The van der Waals surface area contributed by atoms with E-state index in [0.717, 1.165) is 27.9 Å². The zero-order valence-corrected chi connectivity index (χ0v) is 20.4. The van der Waals surface area contributed by atoms with E-state index in [0.29, 0.717) is 44.8 Å². The number of para-hydroxylation sites is 2. The van der Waals surface area contributed by atoms with Crippen LogP contribution in [0.1, 0.15) is 24.0 Å². The first kappa shape index (κ1) is 23.6. The molecule has 4 aromatic rings. The lowest BCUT2D eigenvalue weighted by Crippen LogP contribution is -2.43. The predicted molar refractivity (Wildman–Crippen MR) is 141 cm³/mol. The number of ether oxygens (including phenoxy) is 1. The van der Waals surface area contributed by atoms with Gasteiger partial charge in [0.1, 0.15) is 5.75 Å². The van der Waals surface area contributed by atoms with Crippen molar-refractivity contribution < 1.29 is 9.53 Å². The number of hydrogen-bond donors (Lipinski definition) is 1. The summed E-state index contributed by atoms with van der Waals surface area (Å²) < 4.78 is 7.06. The van der Waals surface area contributed by atoms with Crippen LogP contribution in [0.2, 0.25) is 0 Å². The van der Waals surface area contributed by atoms with E-state index in [-0.39, 0.29) is 17.4 Å². The van der Waals surface area contributed by atoms with Crippen molar-refractivity contribution in [1.29, 1.82) is 0 Å². The number of anilines is 1. The van der Waals surface area contributed by atoms with Crippen molar-refractivity contribution in [3.8, 4) is 5.75 Å². The molecule has 184 valence electrons. The quantitative estimate of drug-likeness (QED) is 0.431. The second kappa shape index (κ2) is 10.6. The molecule has 1 aliphatic heterocycles. The molecule has 5 rings (SSSR count). The third kappa shape index (κ3) is 5.10. The van der Waals surface area contributed by atoms with E-state index < -0.39 is 0 Å². The van der Waals surface area contributed by atoms with Crippen LogP contribution in [-0.2, 0) is 17.9 Å². The molecule has 0 spiro atoms. The van der Waals surface area contributed by atoms with E-state index in [4.69, 9.17) is 9.72 Å². The SMILES string of the molecule is COc1cccc(CNC(=O)C2CCN(c3nc4ccccc4n(Cc4ccccc4)c3=O)CC2)c1. The Morgan fingerprint density at radius 2 is 1.69 bits per heavy atom. The molecule has 0 atom stereocenters. The van der Waals surface area contributed by atoms with E-state index in [1.165, 1.54) is 0 Å². The Hall–Kier alpha value is -4.13. The van der Waals surface area contributed by atoms with Crippen LogP contribution >= 0.6 is 0 Å². The zero-order chi connectivity index (χ0) is 24.9. The molecule has 1 saturated heterocycles. The minimum absolute atomic E-state index is 0.0467. The summed E-state index contributed by atoms with van der Waals surface area (Å²) in [6.07, 6.45) is 1.35. The maximum atomic E-state index is 13.6. The maximum Gasteiger partial charge on any atom is 0.294 e. The van der Waals surface area contributed by atoms with Gasteiger partial charge in [-0.1, -0.05) is 54.6 Å². The standard InChI is InChI=1S/C29H30N4O3/c1-36-24-11-7-10-22(18-24)19-30-28(34)23-14-16-32(17-15-23)27-29(35)33(20-21-8-3-2-4-9-21)26-13-6-5-12-25(26)31-27/h2-13,18,23H,14-17,19-20H2,1H3,(H,30,34). The van der Waals surface area contributed by atoms with Crippen LogP contribution in [0.3, 0.4) is 0 Å². The maximum absolute atomic E-state index is 13.6. The highest BCUT2D eigenvalue weighted by Gasteiger charge is 2.27. The number of amides is 1. The smallest absolute Gasteiger partial charge is 0.294 e. The highest BCUT2D eigenvalue weighted by Crippen LogP contribution is 2.23. The normalized spacial score (nSPS) is 14.1. The molecule has 1 aromatic heterocycles. The monoisotopic (exact) mass is 482 g/mol. The second-order valence-corrected chi connectivity index (χ2v) is 9.13. The van der Waals surface area contributed by atoms with Crippen LogP contribution in [0.4, 0.5) is 5.82 Å². The first-order valence-corrected chi connectivity index (χ1v) is 12.3. The van der Waals surface area contributed by atoms with E-state index in [1.807, 2.05) is 83.8 Å². The molecular weight excluding hydrogens is 452 g/mol. The predicted octanol–water partition coefficient (Wildman–Crippen LogP) is 3.99. The Kier molecular flexibility index (Phi) is 6.98. The summed E-state index contributed by atoms with van der Waals surface area (Å²) in [5, 5.41) is 3.05. The van der Waals surface area contributed by atoms with Gasteiger partial charge in [0.05, 0.1) is 24.7 Å². The van der Waals surface area contributed by atoms with Gasteiger partial charge in [0.15, 0.2) is 5.82 Å². The number of aromatic nitrogens is 2. The highest BCUT2D eigenvalue weighted by atomic mass is 16.5. The Labute approximate surface area is 210 Å². The summed E-state index contributed by atoms with van der Waals surface area (Å²) in [6, 6.07) is 25.4. The van der Waals surface area contributed by atoms with Gasteiger partial charge in [-0.3, -0.25) is 14.2 Å². The van der Waals surface area contributed by atoms with Gasteiger partial charge < -0.3 is 15.0 Å². The molecule has 1 fully saturated rings. The van der Waals surface area contributed by atoms with E-state index in [9.17, 15) is 9.59 Å². The lowest BCUT2D eigenvalue weighted by atomic mass is 9.96. The number of nitrogens with zero attached hydrogens (tertiary/aromatic N) is 3. The molecule has 7 heteroatoms. The average molecular weight is 483 g/mol. The number of rotatable bonds is 7. The topological polar surface area (TPSA) is 76.5 Å². The van der Waals surface area contributed by atoms with E-state index in [1.54, 1.807) is 11.7 Å². The molecule has 7 nitrogen and oxygen atoms in total. The largest absolute Gasteiger partial charge is 0.497 e. The first-order chi connectivity index (χ1) is 17.6. The summed E-state index contributed by atoms with van der Waals surface area (Å²) in [4.78, 5) is 33.2. The highest BCUT2D eigenvalue weighted by molar-refractivity contribution is 5.79. The third-order valence-corrected chi connectivity index (χ3v) is 6.79. The van der Waals surface area contributed by atoms with Crippen molar-refractivity contribution in [3.63, 3.8) is 0 Å². The van der Waals surface area contributed by atoms with Crippen molar-refractivity contribution >= 4 is 22.8 Å². The molecule has 36 heavy (non-hydrogen) atoms. The number of carbonyl (C=O) groups excluding carboxylic acids is 1. The fourth-order valence-electron chi connectivity index (χ4n) is 4.78. The average Bonchev–Trinajstić information content (AvgIpc) is 2.94. The first-order valence-electron chi connectivity index (χ1n) is 12.3. The third-order valence-electron chi connectivity index (χ3n) is 6.79. The van der Waals surface area contributed by atoms with Crippen LogP contribution in [0.15, 0.2) is 83.7 Å². The number of piperidine rings is 1. The fraction of sp³-hybridized carbons (Fsp3) is 0.276. The second-order valence-electron chi connectivity index (χ2n) is 9.13. The van der Waals surface area contributed by atoms with Gasteiger partial charge in [-0.2, -0.15) is 0 Å². The molecule has 3 aromatic carbocycles. The molecular formula is C29H30N4O3. The summed E-state index contributed by atoms with van der Waals surface area (Å²) >= 11 is 0. The molecule has 0 aliphatic carbocycles. The van der Waals surface area contributed by atoms with Crippen LogP contribution in [0.5, 0.6) is 5.75 Å². The van der Waals surface area contributed by atoms with Crippen molar-refractivity contribution in [2.75, 3.05) is 25.1 Å². The molecule has 1 N–H and O–H groups in total. The summed E-state index contributed by atoms with van der Waals surface area (Å²) in [5.41, 5.74) is 3.58. The molecule has 1 amide bonds. The molecule has 1 aliphatic rings. The number of nitrogens with one attached hydrogen (secondary N) is 1. The molecule has 0 unspecified atom stereocenters. The van der Waals surface area contributed by atoms with Crippen LogP contribution < -0.4 is 20.5 Å². The van der Waals surface area contributed by atoms with Gasteiger partial charge in [0, 0.05) is 25.6 Å². The van der Waals surface area contributed by atoms with E-state index in [2.05, 4.69) is 5.32 Å². The Balaban J connectivity index is 1.29. The zero-order valence-electron chi connectivity index (χ0n) is 20.4. The Morgan fingerprint density at radius 1 is 0.972 bits per heavy atom. The summed E-state index contributed by atoms with van der Waals surface area (Å²) in [5.74, 6) is 1.19. The number of benzene rings is 3. The summed E-state index contributed by atoms with van der Waals surface area (Å²) in [7, 11) is 1.63. The van der Waals surface area contributed by atoms with Gasteiger partial charge >= 0.3 is 0 Å². The van der Waals surface area contributed by atoms with Gasteiger partial charge in [0.25, 0.3) is 5.56 Å². The van der Waals surface area contributed by atoms with Crippen molar-refractivity contribution in [2.24, 2.45) is 5.92 Å². The number of fused-ring (bicyclic) bond motifs is 1. The number of carbonyl (C=O) groups is 1. The number of methoxy groups -OCH3 is 1. The molecule has 0 bridgehead atoms.